The highest BCUT2D eigenvalue weighted by atomic mass is 31.2. The van der Waals surface area contributed by atoms with E-state index in [9.17, 15) is 0 Å². The van der Waals surface area contributed by atoms with Crippen molar-refractivity contribution in [3.05, 3.63) is 115 Å². The summed E-state index contributed by atoms with van der Waals surface area (Å²) in [7, 11) is -7.94. The first-order valence-corrected chi connectivity index (χ1v) is 28.7. The van der Waals surface area contributed by atoms with E-state index in [4.69, 9.17) is 37.0 Å². The normalized spacial score (nSPS) is 15.8. The minimum atomic E-state index is -3.97. The van der Waals surface area contributed by atoms with Gasteiger partial charge in [0.1, 0.15) is 24.7 Å². The number of hydrogen-bond donors (Lipinski definition) is 0. The zero-order valence-electron chi connectivity index (χ0n) is 45.5. The standard InChI is InChI=1S/C58H84O10P2/c1-17-65-69(59,66-18-2)53-43-27-39-31-47(55(5,6)7)33-41-29-45-37-50(58(14,15)16)38-46(54(45)70(60,67-19-3)68-20-4)30-42-34-48(56(8,9)10)32-40(28-44(53)36-49(35-43)57(11,12)13)52(42)64-26-24-62-22-21-61-23-25-63-51(39)41/h31-38H,17-30H2,1-16H3. The minimum absolute atomic E-state index is 0.192. The molecular weight excluding hydrogens is 919 g/mol. The number of rotatable bonds is 10. The van der Waals surface area contributed by atoms with Crippen molar-refractivity contribution >= 4 is 25.8 Å². The van der Waals surface area contributed by atoms with Crippen molar-refractivity contribution in [2.24, 2.45) is 0 Å². The minimum Gasteiger partial charge on any atom is -0.491 e. The maximum Gasteiger partial charge on any atom is 0.361 e. The van der Waals surface area contributed by atoms with E-state index in [-0.39, 0.29) is 61.3 Å². The average molecular weight is 1000 g/mol. The topological polar surface area (TPSA) is 108 Å². The molecule has 0 amide bonds. The molecule has 10 bridgehead atoms. The van der Waals surface area contributed by atoms with E-state index < -0.39 is 15.2 Å². The Morgan fingerprint density at radius 3 is 0.800 bits per heavy atom. The molecule has 0 aromatic heterocycles. The lowest BCUT2D eigenvalue weighted by molar-refractivity contribution is 0.0270. The van der Waals surface area contributed by atoms with Gasteiger partial charge in [0.05, 0.1) is 63.5 Å². The summed E-state index contributed by atoms with van der Waals surface area (Å²) in [6, 6.07) is 17.8. The molecule has 10 nitrogen and oxygen atoms in total. The second-order valence-corrected chi connectivity index (χ2v) is 26.7. The van der Waals surface area contributed by atoms with E-state index in [0.717, 1.165) is 66.8 Å². The van der Waals surface area contributed by atoms with Crippen molar-refractivity contribution in [2.45, 2.75) is 158 Å². The number of fused-ring (bicyclic) bond motifs is 2. The maximum atomic E-state index is 15.8. The van der Waals surface area contributed by atoms with Gasteiger partial charge in [0.15, 0.2) is 0 Å². The largest absolute Gasteiger partial charge is 0.491 e. The summed E-state index contributed by atoms with van der Waals surface area (Å²) in [5, 5.41) is 1.14. The van der Waals surface area contributed by atoms with Crippen molar-refractivity contribution < 1.29 is 46.2 Å². The van der Waals surface area contributed by atoms with Crippen molar-refractivity contribution in [2.75, 3.05) is 66.1 Å². The third-order valence-corrected chi connectivity index (χ3v) is 17.7. The molecule has 1 aliphatic carbocycles. The molecule has 0 saturated carbocycles. The van der Waals surface area contributed by atoms with Gasteiger partial charge in [-0.15, -0.1) is 0 Å². The Bertz CT molecular complexity index is 2280. The molecule has 1 heterocycles. The molecule has 0 unspecified atom stereocenters. The van der Waals surface area contributed by atoms with Crippen molar-refractivity contribution in [3.8, 4) is 11.5 Å². The molecular formula is C58H84O10P2. The van der Waals surface area contributed by atoms with Crippen LogP contribution in [0.25, 0.3) is 0 Å². The smallest absolute Gasteiger partial charge is 0.361 e. The SMILES string of the molecule is CCOP(=O)(OCC)c1c2cc(C(C)(C)C)cc1Cc1cc(C(C)(C)C)cc3c1OCCOCCOCCOc1c(cc(C(C)(C)C)cc1Cc1cc(C(C)(C)C)cc(c1P(=O)(OCC)OCC)C3)C2. The molecule has 12 heteroatoms. The molecule has 70 heavy (non-hydrogen) atoms. The van der Waals surface area contributed by atoms with Gasteiger partial charge in [-0.1, -0.05) is 132 Å². The predicted octanol–water partition coefficient (Wildman–Crippen LogP) is 13.1. The Morgan fingerprint density at radius 2 is 0.586 bits per heavy atom. The van der Waals surface area contributed by atoms with E-state index >= 15 is 9.13 Å². The molecule has 0 atom stereocenters. The Balaban J connectivity index is 1.92. The fourth-order valence-corrected chi connectivity index (χ4v) is 13.5. The first-order chi connectivity index (χ1) is 32.8. The highest BCUT2D eigenvalue weighted by molar-refractivity contribution is 7.62. The van der Waals surface area contributed by atoms with E-state index in [2.05, 4.69) is 132 Å². The summed E-state index contributed by atoms with van der Waals surface area (Å²) in [4.78, 5) is 0. The van der Waals surface area contributed by atoms with E-state index in [0.29, 0.717) is 74.2 Å². The molecule has 386 valence electrons. The van der Waals surface area contributed by atoms with Crippen LogP contribution in [-0.2, 0) is 84.0 Å². The Labute approximate surface area is 421 Å². The van der Waals surface area contributed by atoms with Crippen LogP contribution in [-0.4, -0.2) is 66.1 Å². The van der Waals surface area contributed by atoms with Crippen molar-refractivity contribution in [3.63, 3.8) is 0 Å². The fourth-order valence-electron chi connectivity index (χ4n) is 9.46. The summed E-state index contributed by atoms with van der Waals surface area (Å²) < 4.78 is 83.4. The van der Waals surface area contributed by atoms with Crippen LogP contribution in [0.1, 0.15) is 178 Å². The third-order valence-electron chi connectivity index (χ3n) is 13.1. The fraction of sp³-hybridized carbons (Fsp3) is 0.586. The summed E-state index contributed by atoms with van der Waals surface area (Å²) >= 11 is 0. The Kier molecular flexibility index (Phi) is 18.0. The zero-order valence-corrected chi connectivity index (χ0v) is 47.3. The average Bonchev–Trinajstić information content (AvgIpc) is 3.23. The molecule has 2 aliphatic rings. The van der Waals surface area contributed by atoms with Crippen LogP contribution < -0.4 is 20.1 Å². The first-order valence-electron chi connectivity index (χ1n) is 25.6. The monoisotopic (exact) mass is 1000 g/mol. The van der Waals surface area contributed by atoms with E-state index in [1.807, 2.05) is 27.7 Å². The summed E-state index contributed by atoms with van der Waals surface area (Å²) in [6.07, 6.45) is 1.41. The Morgan fingerprint density at radius 1 is 0.371 bits per heavy atom. The molecule has 1 aliphatic heterocycles. The van der Waals surface area contributed by atoms with Crippen molar-refractivity contribution in [1.82, 2.24) is 0 Å². The lowest BCUT2D eigenvalue weighted by Gasteiger charge is -2.31. The van der Waals surface area contributed by atoms with Crippen LogP contribution >= 0.6 is 15.2 Å². The van der Waals surface area contributed by atoms with Crippen LogP contribution in [0.3, 0.4) is 0 Å². The molecule has 6 rings (SSSR count). The van der Waals surface area contributed by atoms with Gasteiger partial charge < -0.3 is 37.0 Å². The number of hydrogen-bond acceptors (Lipinski definition) is 10. The maximum absolute atomic E-state index is 15.8. The van der Waals surface area contributed by atoms with Gasteiger partial charge in [0.2, 0.25) is 0 Å². The zero-order chi connectivity index (χ0) is 51.5. The molecule has 0 fully saturated rings. The second kappa shape index (κ2) is 22.4. The van der Waals surface area contributed by atoms with Crippen LogP contribution in [0.5, 0.6) is 11.5 Å². The summed E-state index contributed by atoms with van der Waals surface area (Å²) in [5.74, 6) is 1.39. The molecule has 0 spiro atoms. The van der Waals surface area contributed by atoms with Gasteiger partial charge in [0.25, 0.3) is 0 Å². The molecule has 4 aromatic rings. The third kappa shape index (κ3) is 13.1. The van der Waals surface area contributed by atoms with Gasteiger partial charge in [-0.25, -0.2) is 0 Å². The predicted molar refractivity (Wildman–Crippen MR) is 285 cm³/mol. The van der Waals surface area contributed by atoms with Gasteiger partial charge in [-0.05, 0) is 116 Å². The second-order valence-electron chi connectivity index (χ2n) is 22.8. The van der Waals surface area contributed by atoms with Gasteiger partial charge >= 0.3 is 15.2 Å². The van der Waals surface area contributed by atoms with Gasteiger partial charge in [0, 0.05) is 25.7 Å². The molecule has 0 radical (unpaired) electrons. The van der Waals surface area contributed by atoms with E-state index in [1.165, 1.54) is 0 Å². The molecule has 4 aromatic carbocycles. The number of benzene rings is 4. The first kappa shape index (κ1) is 56.0. The highest BCUT2D eigenvalue weighted by Crippen LogP contribution is 2.53. The summed E-state index contributed by atoms with van der Waals surface area (Å²) in [6.45, 7) is 36.8. The van der Waals surface area contributed by atoms with Crippen LogP contribution in [0.4, 0.5) is 0 Å². The van der Waals surface area contributed by atoms with Crippen LogP contribution in [0, 0.1) is 0 Å². The van der Waals surface area contributed by atoms with Crippen molar-refractivity contribution in [1.29, 1.82) is 0 Å². The number of ether oxygens (including phenoxy) is 4. The lowest BCUT2D eigenvalue weighted by atomic mass is 9.79. The van der Waals surface area contributed by atoms with Crippen LogP contribution in [0.15, 0.2) is 48.5 Å². The Hall–Kier alpha value is -3.30. The van der Waals surface area contributed by atoms with E-state index in [1.54, 1.807) is 0 Å². The van der Waals surface area contributed by atoms with Crippen LogP contribution in [0.2, 0.25) is 0 Å². The molecule has 0 saturated heterocycles. The van der Waals surface area contributed by atoms with Gasteiger partial charge in [-0.2, -0.15) is 0 Å². The highest BCUT2D eigenvalue weighted by Gasteiger charge is 2.38. The summed E-state index contributed by atoms with van der Waals surface area (Å²) in [5.41, 5.74) is 10.3. The quantitative estimate of drug-likeness (QED) is 0.126. The lowest BCUT2D eigenvalue weighted by Crippen LogP contribution is -2.26. The van der Waals surface area contributed by atoms with Gasteiger partial charge in [-0.3, -0.25) is 9.13 Å². The molecule has 0 N–H and O–H groups in total.